The maximum atomic E-state index is 8.38. The second-order valence-electron chi connectivity index (χ2n) is 2.14. The van der Waals surface area contributed by atoms with Crippen LogP contribution in [0.3, 0.4) is 0 Å². The van der Waals surface area contributed by atoms with E-state index in [4.69, 9.17) is 5.11 Å². The van der Waals surface area contributed by atoms with Gasteiger partial charge in [-0.2, -0.15) is 0 Å². The van der Waals surface area contributed by atoms with Gasteiger partial charge in [-0.3, -0.25) is 4.72 Å². The van der Waals surface area contributed by atoms with Crippen LogP contribution < -0.4 is 4.72 Å². The quantitative estimate of drug-likeness (QED) is 0.452. The van der Waals surface area contributed by atoms with E-state index in [-0.39, 0.29) is 6.61 Å². The lowest BCUT2D eigenvalue weighted by Gasteiger charge is -2.04. The van der Waals surface area contributed by atoms with E-state index in [1.807, 2.05) is 0 Å². The molecule has 0 aromatic heterocycles. The van der Waals surface area contributed by atoms with Crippen LogP contribution in [-0.4, -0.2) is 23.5 Å². The van der Waals surface area contributed by atoms with Gasteiger partial charge in [-0.15, -0.1) is 0 Å². The van der Waals surface area contributed by atoms with Crippen molar-refractivity contribution in [1.82, 2.24) is 4.72 Å². The van der Waals surface area contributed by atoms with Crippen molar-refractivity contribution in [2.75, 3.05) is 13.2 Å². The second kappa shape index (κ2) is 6.39. The van der Waals surface area contributed by atoms with E-state index < -0.39 is 0 Å². The van der Waals surface area contributed by atoms with Crippen molar-refractivity contribution in [2.45, 2.75) is 25.5 Å². The van der Waals surface area contributed by atoms with Gasteiger partial charge in [-0.05, 0) is 6.42 Å². The zero-order chi connectivity index (χ0) is 7.11. The molecule has 0 fully saturated rings. The van der Waals surface area contributed by atoms with Crippen LogP contribution in [0.25, 0.3) is 0 Å². The van der Waals surface area contributed by atoms with E-state index in [9.17, 15) is 0 Å². The Morgan fingerprint density at radius 1 is 1.56 bits per heavy atom. The van der Waals surface area contributed by atoms with Crippen LogP contribution in [0.5, 0.6) is 0 Å². The molecule has 0 atom stereocenters. The first-order valence-electron chi connectivity index (χ1n) is 3.26. The van der Waals surface area contributed by atoms with Crippen LogP contribution >= 0.6 is 11.9 Å². The lowest BCUT2D eigenvalue weighted by molar-refractivity contribution is 0.290. The van der Waals surface area contributed by atoms with Crippen LogP contribution in [0.1, 0.15) is 20.3 Å². The third kappa shape index (κ3) is 8.27. The number of aliphatic hydroxyl groups is 1. The zero-order valence-electron chi connectivity index (χ0n) is 6.05. The molecule has 0 saturated carbocycles. The normalized spacial score (nSPS) is 10.7. The summed E-state index contributed by atoms with van der Waals surface area (Å²) in [6, 6.07) is 0. The summed E-state index contributed by atoms with van der Waals surface area (Å²) >= 11 is 1.71. The van der Waals surface area contributed by atoms with Gasteiger partial charge in [-0.1, -0.05) is 25.8 Å². The van der Waals surface area contributed by atoms with E-state index in [0.717, 1.165) is 13.0 Å². The predicted molar refractivity (Wildman–Crippen MR) is 42.4 cm³/mol. The molecule has 0 amide bonds. The van der Waals surface area contributed by atoms with E-state index in [2.05, 4.69) is 18.6 Å². The highest BCUT2D eigenvalue weighted by atomic mass is 32.2. The second-order valence-corrected chi connectivity index (χ2v) is 3.61. The van der Waals surface area contributed by atoms with Gasteiger partial charge in [0.05, 0.1) is 0 Å². The Hall–Kier alpha value is 0.270. The summed E-state index contributed by atoms with van der Waals surface area (Å²) in [5, 5.41) is 9.01. The molecule has 0 rings (SSSR count). The standard InChI is InChI=1S/C6H15NOS/c1-6(2)9-7-4-3-5-8/h6-8H,3-5H2,1-2H3. The molecule has 0 aliphatic heterocycles. The van der Waals surface area contributed by atoms with Crippen LogP contribution in [0.2, 0.25) is 0 Å². The maximum absolute atomic E-state index is 8.38. The lowest BCUT2D eigenvalue weighted by atomic mass is 10.5. The van der Waals surface area contributed by atoms with Crippen LogP contribution in [0, 0.1) is 0 Å². The van der Waals surface area contributed by atoms with Gasteiger partial charge in [0.1, 0.15) is 0 Å². The number of hydrogen-bond acceptors (Lipinski definition) is 3. The summed E-state index contributed by atoms with van der Waals surface area (Å²) in [4.78, 5) is 0. The zero-order valence-corrected chi connectivity index (χ0v) is 6.87. The summed E-state index contributed by atoms with van der Waals surface area (Å²) in [5.41, 5.74) is 0. The fourth-order valence-corrected chi connectivity index (χ4v) is 0.972. The molecule has 0 aromatic carbocycles. The average Bonchev–Trinajstić information content (AvgIpc) is 1.80. The molecule has 0 heterocycles. The van der Waals surface area contributed by atoms with Gasteiger partial charge in [0, 0.05) is 18.4 Å². The molecule has 0 radical (unpaired) electrons. The Morgan fingerprint density at radius 2 is 2.22 bits per heavy atom. The molecule has 0 bridgehead atoms. The van der Waals surface area contributed by atoms with Crippen LogP contribution in [-0.2, 0) is 0 Å². The molecule has 3 heteroatoms. The van der Waals surface area contributed by atoms with E-state index in [1.165, 1.54) is 0 Å². The van der Waals surface area contributed by atoms with Crippen LogP contribution in [0.4, 0.5) is 0 Å². The first-order valence-corrected chi connectivity index (χ1v) is 4.14. The summed E-state index contributed by atoms with van der Waals surface area (Å²) < 4.78 is 3.14. The lowest BCUT2D eigenvalue weighted by Crippen LogP contribution is -2.10. The molecule has 0 aromatic rings. The molecule has 2 nitrogen and oxygen atoms in total. The number of rotatable bonds is 5. The molecular weight excluding hydrogens is 134 g/mol. The van der Waals surface area contributed by atoms with E-state index in [0.29, 0.717) is 5.25 Å². The summed E-state index contributed by atoms with van der Waals surface area (Å²) in [6.07, 6.45) is 0.847. The van der Waals surface area contributed by atoms with Gasteiger partial charge >= 0.3 is 0 Å². The van der Waals surface area contributed by atoms with Gasteiger partial charge in [-0.25, -0.2) is 0 Å². The SMILES string of the molecule is CC(C)SNCCCO. The van der Waals surface area contributed by atoms with Crippen molar-refractivity contribution >= 4 is 11.9 Å². The Bertz CT molecular complexity index is 59.0. The Morgan fingerprint density at radius 3 is 2.67 bits per heavy atom. The fourth-order valence-electron chi connectivity index (χ4n) is 0.377. The van der Waals surface area contributed by atoms with Gasteiger partial charge in [0.25, 0.3) is 0 Å². The van der Waals surface area contributed by atoms with Gasteiger partial charge in [0.15, 0.2) is 0 Å². The van der Waals surface area contributed by atoms with Crippen molar-refractivity contribution in [3.8, 4) is 0 Å². The van der Waals surface area contributed by atoms with E-state index >= 15 is 0 Å². The summed E-state index contributed by atoms with van der Waals surface area (Å²) in [6.45, 7) is 5.46. The molecule has 9 heavy (non-hydrogen) atoms. The van der Waals surface area contributed by atoms with Crippen molar-refractivity contribution in [1.29, 1.82) is 0 Å². The molecular formula is C6H15NOS. The molecule has 0 spiro atoms. The Kier molecular flexibility index (Phi) is 6.58. The van der Waals surface area contributed by atoms with Crippen molar-refractivity contribution < 1.29 is 5.11 Å². The topological polar surface area (TPSA) is 32.3 Å². The number of nitrogens with one attached hydrogen (secondary N) is 1. The van der Waals surface area contributed by atoms with Gasteiger partial charge in [0.2, 0.25) is 0 Å². The number of hydrogen-bond donors (Lipinski definition) is 2. The van der Waals surface area contributed by atoms with E-state index in [1.54, 1.807) is 11.9 Å². The average molecular weight is 149 g/mol. The molecule has 0 aliphatic rings. The summed E-state index contributed by atoms with van der Waals surface area (Å²) in [7, 11) is 0. The minimum atomic E-state index is 0.283. The molecule has 0 unspecified atom stereocenters. The van der Waals surface area contributed by atoms with Crippen molar-refractivity contribution in [3.63, 3.8) is 0 Å². The highest BCUT2D eigenvalue weighted by Crippen LogP contribution is 2.02. The molecule has 0 aliphatic carbocycles. The first-order chi connectivity index (χ1) is 4.27. The summed E-state index contributed by atoms with van der Waals surface area (Å²) in [5.74, 6) is 0. The Balaban J connectivity index is 2.75. The number of aliphatic hydroxyl groups excluding tert-OH is 1. The molecule has 0 saturated heterocycles. The highest BCUT2D eigenvalue weighted by molar-refractivity contribution is 7.97. The monoisotopic (exact) mass is 149 g/mol. The largest absolute Gasteiger partial charge is 0.396 e. The fraction of sp³-hybridized carbons (Fsp3) is 1.00. The smallest absolute Gasteiger partial charge is 0.0443 e. The first kappa shape index (κ1) is 9.27. The van der Waals surface area contributed by atoms with Crippen LogP contribution in [0.15, 0.2) is 0 Å². The third-order valence-corrected chi connectivity index (χ3v) is 1.60. The minimum absolute atomic E-state index is 0.283. The highest BCUT2D eigenvalue weighted by Gasteiger charge is 1.90. The van der Waals surface area contributed by atoms with Crippen molar-refractivity contribution in [3.05, 3.63) is 0 Å². The predicted octanol–water partition coefficient (Wildman–Crippen LogP) is 1.01. The molecule has 56 valence electrons. The van der Waals surface area contributed by atoms with Gasteiger partial charge < -0.3 is 5.11 Å². The molecule has 2 N–H and O–H groups in total. The minimum Gasteiger partial charge on any atom is -0.396 e. The Labute approximate surface area is 61.2 Å². The third-order valence-electron chi connectivity index (χ3n) is 0.756. The van der Waals surface area contributed by atoms with Crippen molar-refractivity contribution in [2.24, 2.45) is 0 Å². The maximum Gasteiger partial charge on any atom is 0.0443 e.